The van der Waals surface area contributed by atoms with E-state index >= 15 is 0 Å². The van der Waals surface area contributed by atoms with Gasteiger partial charge in [0.15, 0.2) is 0 Å². The van der Waals surface area contributed by atoms with Gasteiger partial charge in [-0.05, 0) is 43.9 Å². The lowest BCUT2D eigenvalue weighted by molar-refractivity contribution is -0.140. The van der Waals surface area contributed by atoms with E-state index in [-0.39, 0.29) is 12.2 Å². The molecule has 36 heavy (non-hydrogen) atoms. The van der Waals surface area contributed by atoms with Crippen molar-refractivity contribution in [1.82, 2.24) is 19.4 Å². The average molecular weight is 499 g/mol. The third-order valence-corrected chi connectivity index (χ3v) is 6.51. The molecule has 1 unspecified atom stereocenters. The highest BCUT2D eigenvalue weighted by atomic mass is 16.5. The van der Waals surface area contributed by atoms with E-state index in [0.29, 0.717) is 30.4 Å². The highest BCUT2D eigenvalue weighted by Gasteiger charge is 2.21. The van der Waals surface area contributed by atoms with Gasteiger partial charge in [-0.2, -0.15) is 0 Å². The smallest absolute Gasteiger partial charge is 0.323 e. The lowest BCUT2D eigenvalue weighted by atomic mass is 10.00. The maximum atomic E-state index is 12.3. The number of pyridine rings is 1. The molecule has 4 rings (SSSR count). The number of fused-ring (bicyclic) bond motifs is 1. The summed E-state index contributed by atoms with van der Waals surface area (Å²) >= 11 is 0. The average Bonchev–Trinajstić information content (AvgIpc) is 3.22. The Balaban J connectivity index is 1.60. The van der Waals surface area contributed by atoms with Gasteiger partial charge >= 0.3 is 5.97 Å². The number of hydrogen-bond donors (Lipinski definition) is 2. The van der Waals surface area contributed by atoms with Crippen LogP contribution in [0, 0.1) is 12.8 Å². The Morgan fingerprint density at radius 2 is 2.08 bits per heavy atom. The normalized spacial score (nSPS) is 15.3. The first-order valence-electron chi connectivity index (χ1n) is 12.2. The number of carboxylic acids is 1. The molecule has 10 heteroatoms. The lowest BCUT2D eigenvalue weighted by Crippen LogP contribution is -2.42. The summed E-state index contributed by atoms with van der Waals surface area (Å²) in [7, 11) is 3.23. The summed E-state index contributed by atoms with van der Waals surface area (Å²) in [6, 6.07) is 6.89. The molecule has 0 spiro atoms. The summed E-state index contributed by atoms with van der Waals surface area (Å²) in [5.74, 6) is 1.000. The van der Waals surface area contributed by atoms with Crippen LogP contribution in [0.15, 0.2) is 35.3 Å². The second kappa shape index (κ2) is 11.7. The molecular weight excluding hydrogens is 464 g/mol. The molecule has 1 fully saturated rings. The number of imidazole rings is 1. The van der Waals surface area contributed by atoms with Crippen molar-refractivity contribution in [1.29, 1.82) is 0 Å². The number of benzene rings is 1. The first-order valence-corrected chi connectivity index (χ1v) is 12.2. The van der Waals surface area contributed by atoms with Crippen molar-refractivity contribution in [2.75, 3.05) is 40.1 Å². The quantitative estimate of drug-likeness (QED) is 0.387. The lowest BCUT2D eigenvalue weighted by Gasteiger charge is -2.23. The van der Waals surface area contributed by atoms with Crippen LogP contribution < -0.4 is 15.6 Å². The van der Waals surface area contributed by atoms with Crippen molar-refractivity contribution in [3.8, 4) is 17.1 Å². The van der Waals surface area contributed by atoms with Crippen molar-refractivity contribution in [2.45, 2.75) is 32.4 Å². The van der Waals surface area contributed by atoms with Gasteiger partial charge in [-0.3, -0.25) is 14.9 Å². The highest BCUT2D eigenvalue weighted by Crippen LogP contribution is 2.30. The molecule has 10 nitrogen and oxygen atoms in total. The summed E-state index contributed by atoms with van der Waals surface area (Å²) in [6.07, 6.45) is 3.80. The van der Waals surface area contributed by atoms with Crippen LogP contribution in [0.4, 0.5) is 0 Å². The summed E-state index contributed by atoms with van der Waals surface area (Å²) in [5, 5.41) is 12.2. The third-order valence-electron chi connectivity index (χ3n) is 6.51. The maximum Gasteiger partial charge on any atom is 0.323 e. The molecule has 2 N–H and O–H groups in total. The predicted molar refractivity (Wildman–Crippen MR) is 135 cm³/mol. The van der Waals surface area contributed by atoms with Gasteiger partial charge in [-0.25, -0.2) is 4.98 Å². The topological polar surface area (TPSA) is 117 Å². The molecule has 3 heterocycles. The van der Waals surface area contributed by atoms with Crippen LogP contribution >= 0.6 is 0 Å². The second-order valence-electron chi connectivity index (χ2n) is 9.23. The molecular formula is C26H34N4O6. The van der Waals surface area contributed by atoms with Gasteiger partial charge < -0.3 is 28.5 Å². The summed E-state index contributed by atoms with van der Waals surface area (Å²) < 4.78 is 20.2. The minimum Gasteiger partial charge on any atom is -0.492 e. The fraction of sp³-hybridized carbons (Fsp3) is 0.500. The Labute approximate surface area is 209 Å². The van der Waals surface area contributed by atoms with Crippen LogP contribution in [0.3, 0.4) is 0 Å². The van der Waals surface area contributed by atoms with Gasteiger partial charge in [-0.15, -0.1) is 0 Å². The molecule has 1 aliphatic heterocycles. The van der Waals surface area contributed by atoms with Crippen LogP contribution in [0.2, 0.25) is 0 Å². The molecule has 3 aromatic rings. The number of hydrogen-bond acceptors (Lipinski definition) is 7. The Hall–Kier alpha value is -3.21. The third kappa shape index (κ3) is 5.95. The van der Waals surface area contributed by atoms with Gasteiger partial charge in [0, 0.05) is 63.9 Å². The van der Waals surface area contributed by atoms with E-state index in [0.717, 1.165) is 55.0 Å². The summed E-state index contributed by atoms with van der Waals surface area (Å²) in [4.78, 5) is 28.5. The SMILES string of the molecule is COCC(NCCOc1ccc2nc(-c3cc(C)c(=O)n(C)c3)n(CC3CCOCC3)c2c1)C(=O)O. The van der Waals surface area contributed by atoms with Crippen LogP contribution in [0.25, 0.3) is 22.4 Å². The Kier molecular flexibility index (Phi) is 8.40. The number of methoxy groups -OCH3 is 1. The van der Waals surface area contributed by atoms with Crippen LogP contribution in [0.1, 0.15) is 18.4 Å². The summed E-state index contributed by atoms with van der Waals surface area (Å²) in [6.45, 7) is 4.88. The van der Waals surface area contributed by atoms with Crippen LogP contribution in [-0.2, 0) is 27.9 Å². The number of aryl methyl sites for hydroxylation is 2. The van der Waals surface area contributed by atoms with Crippen molar-refractivity contribution >= 4 is 17.0 Å². The maximum absolute atomic E-state index is 12.3. The highest BCUT2D eigenvalue weighted by molar-refractivity contribution is 5.82. The number of aromatic nitrogens is 3. The number of nitrogens with one attached hydrogen (secondary N) is 1. The number of carboxylic acid groups (broad SMARTS) is 1. The first kappa shape index (κ1) is 25.9. The van der Waals surface area contributed by atoms with Gasteiger partial charge in [0.25, 0.3) is 5.56 Å². The van der Waals surface area contributed by atoms with Crippen molar-refractivity contribution in [2.24, 2.45) is 13.0 Å². The van der Waals surface area contributed by atoms with Gasteiger partial charge in [0.1, 0.15) is 24.2 Å². The molecule has 194 valence electrons. The minimum absolute atomic E-state index is 0.0224. The molecule has 1 aliphatic rings. The minimum atomic E-state index is -0.962. The largest absolute Gasteiger partial charge is 0.492 e. The van der Waals surface area contributed by atoms with E-state index in [1.54, 1.807) is 11.6 Å². The van der Waals surface area contributed by atoms with Gasteiger partial charge in [-0.1, -0.05) is 0 Å². The fourth-order valence-corrected chi connectivity index (χ4v) is 4.57. The van der Waals surface area contributed by atoms with E-state index in [1.807, 2.05) is 37.4 Å². The van der Waals surface area contributed by atoms with E-state index in [4.69, 9.17) is 19.2 Å². The summed E-state index contributed by atoms with van der Waals surface area (Å²) in [5.41, 5.74) is 3.34. The Bertz CT molecular complexity index is 1240. The second-order valence-corrected chi connectivity index (χ2v) is 9.23. The van der Waals surface area contributed by atoms with Crippen molar-refractivity contribution in [3.05, 3.63) is 46.4 Å². The molecule has 0 radical (unpaired) electrons. The van der Waals surface area contributed by atoms with Crippen LogP contribution in [-0.4, -0.2) is 71.3 Å². The van der Waals surface area contributed by atoms with Crippen molar-refractivity contribution < 1.29 is 24.1 Å². The number of nitrogens with zero attached hydrogens (tertiary/aromatic N) is 3. The standard InChI is InChI=1S/C26H34N4O6/c1-17-12-19(15-29(2)25(17)31)24-28-21-5-4-20(36-11-8-27-22(16-34-3)26(32)33)13-23(21)30(24)14-18-6-9-35-10-7-18/h4-5,12-13,15,18,22,27H,6-11,14,16H2,1-3H3,(H,32,33). The first-order chi connectivity index (χ1) is 17.4. The zero-order valence-electron chi connectivity index (χ0n) is 21.0. The Morgan fingerprint density at radius 3 is 2.78 bits per heavy atom. The molecule has 1 aromatic carbocycles. The molecule has 1 saturated heterocycles. The zero-order chi connectivity index (χ0) is 25.7. The molecule has 0 saturated carbocycles. The molecule has 1 atom stereocenters. The van der Waals surface area contributed by atoms with E-state index < -0.39 is 12.0 Å². The van der Waals surface area contributed by atoms with Gasteiger partial charge in [0.2, 0.25) is 0 Å². The Morgan fingerprint density at radius 1 is 1.31 bits per heavy atom. The molecule has 0 bridgehead atoms. The molecule has 2 aromatic heterocycles. The number of ether oxygens (including phenoxy) is 3. The van der Waals surface area contributed by atoms with Crippen molar-refractivity contribution in [3.63, 3.8) is 0 Å². The van der Waals surface area contributed by atoms with Crippen LogP contribution in [0.5, 0.6) is 5.75 Å². The number of rotatable bonds is 11. The number of aliphatic carboxylic acids is 1. The van der Waals surface area contributed by atoms with E-state index in [9.17, 15) is 14.7 Å². The molecule has 0 aliphatic carbocycles. The predicted octanol–water partition coefficient (Wildman–Crippen LogP) is 2.21. The zero-order valence-corrected chi connectivity index (χ0v) is 21.0. The van der Waals surface area contributed by atoms with Gasteiger partial charge in [0.05, 0.1) is 17.6 Å². The number of carbonyl (C=O) groups is 1. The van der Waals surface area contributed by atoms with E-state index in [2.05, 4.69) is 9.88 Å². The monoisotopic (exact) mass is 498 g/mol. The molecule has 0 amide bonds. The fourth-order valence-electron chi connectivity index (χ4n) is 4.57. The van der Waals surface area contributed by atoms with E-state index in [1.165, 1.54) is 7.11 Å².